The van der Waals surface area contributed by atoms with E-state index in [2.05, 4.69) is 31.2 Å². The number of hydrogen-bond acceptors (Lipinski definition) is 2. The molecule has 3 nitrogen and oxygen atoms in total. The maximum atomic E-state index is 6.28. The standard InChI is InChI=1S/C13H24ClN3/c1-5-15-9-10(3)7-8-12-13(14)11(4)16-17(12)6-2/h10,15H,5-9H2,1-4H3. The summed E-state index contributed by atoms with van der Waals surface area (Å²) in [4.78, 5) is 0. The molecule has 1 N–H and O–H groups in total. The van der Waals surface area contributed by atoms with Crippen LogP contribution in [0.2, 0.25) is 5.02 Å². The van der Waals surface area contributed by atoms with Gasteiger partial charge in [-0.1, -0.05) is 25.4 Å². The van der Waals surface area contributed by atoms with E-state index in [1.807, 2.05) is 11.6 Å². The number of hydrogen-bond donors (Lipinski definition) is 1. The van der Waals surface area contributed by atoms with Gasteiger partial charge in [0.2, 0.25) is 0 Å². The molecule has 0 aliphatic rings. The zero-order valence-corrected chi connectivity index (χ0v) is 12.1. The van der Waals surface area contributed by atoms with E-state index in [1.165, 1.54) is 5.69 Å². The first-order chi connectivity index (χ1) is 8.10. The minimum absolute atomic E-state index is 0.673. The van der Waals surface area contributed by atoms with Crippen LogP contribution in [0, 0.1) is 12.8 Å². The molecule has 1 aromatic rings. The van der Waals surface area contributed by atoms with Gasteiger partial charge in [0.25, 0.3) is 0 Å². The summed E-state index contributed by atoms with van der Waals surface area (Å²) in [5.74, 6) is 0.673. The molecule has 1 rings (SSSR count). The smallest absolute Gasteiger partial charge is 0.0847 e. The van der Waals surface area contributed by atoms with E-state index in [4.69, 9.17) is 11.6 Å². The normalized spacial score (nSPS) is 13.0. The molecular formula is C13H24ClN3. The Bertz CT molecular complexity index is 347. The molecule has 0 radical (unpaired) electrons. The van der Waals surface area contributed by atoms with Gasteiger partial charge in [0.15, 0.2) is 0 Å². The van der Waals surface area contributed by atoms with Crippen molar-refractivity contribution in [2.75, 3.05) is 13.1 Å². The number of nitrogens with one attached hydrogen (secondary N) is 1. The number of nitrogens with zero attached hydrogens (tertiary/aromatic N) is 2. The summed E-state index contributed by atoms with van der Waals surface area (Å²) in [5.41, 5.74) is 2.14. The number of aryl methyl sites for hydroxylation is 2. The molecule has 0 saturated carbocycles. The van der Waals surface area contributed by atoms with E-state index < -0.39 is 0 Å². The molecule has 1 unspecified atom stereocenters. The van der Waals surface area contributed by atoms with Gasteiger partial charge in [0.05, 0.1) is 16.4 Å². The molecule has 1 aromatic heterocycles. The van der Waals surface area contributed by atoms with Crippen LogP contribution in [0.3, 0.4) is 0 Å². The largest absolute Gasteiger partial charge is 0.317 e. The fourth-order valence-electron chi connectivity index (χ4n) is 1.98. The predicted molar refractivity (Wildman–Crippen MR) is 73.7 cm³/mol. The number of aromatic nitrogens is 2. The summed E-state index contributed by atoms with van der Waals surface area (Å²) >= 11 is 6.28. The highest BCUT2D eigenvalue weighted by Gasteiger charge is 2.13. The van der Waals surface area contributed by atoms with E-state index >= 15 is 0 Å². The number of rotatable bonds is 7. The molecule has 17 heavy (non-hydrogen) atoms. The lowest BCUT2D eigenvalue weighted by Gasteiger charge is -2.12. The monoisotopic (exact) mass is 257 g/mol. The molecule has 1 atom stereocenters. The first kappa shape index (κ1) is 14.5. The second kappa shape index (κ2) is 7.02. The van der Waals surface area contributed by atoms with E-state index in [9.17, 15) is 0 Å². The van der Waals surface area contributed by atoms with Crippen LogP contribution in [-0.4, -0.2) is 22.9 Å². The Balaban J connectivity index is 2.56. The van der Waals surface area contributed by atoms with Gasteiger partial charge < -0.3 is 5.32 Å². The van der Waals surface area contributed by atoms with Crippen LogP contribution in [0.15, 0.2) is 0 Å². The highest BCUT2D eigenvalue weighted by Crippen LogP contribution is 2.22. The Morgan fingerprint density at radius 1 is 1.41 bits per heavy atom. The average molecular weight is 258 g/mol. The van der Waals surface area contributed by atoms with Crippen molar-refractivity contribution >= 4 is 11.6 Å². The fraction of sp³-hybridized carbons (Fsp3) is 0.769. The Morgan fingerprint density at radius 2 is 2.12 bits per heavy atom. The van der Waals surface area contributed by atoms with Crippen molar-refractivity contribution in [3.05, 3.63) is 16.4 Å². The summed E-state index contributed by atoms with van der Waals surface area (Å²) in [5, 5.41) is 8.66. The van der Waals surface area contributed by atoms with Gasteiger partial charge in [-0.2, -0.15) is 5.10 Å². The lowest BCUT2D eigenvalue weighted by molar-refractivity contribution is 0.477. The van der Waals surface area contributed by atoms with Gasteiger partial charge in [0, 0.05) is 6.54 Å². The zero-order chi connectivity index (χ0) is 12.8. The quantitative estimate of drug-likeness (QED) is 0.814. The second-order valence-corrected chi connectivity index (χ2v) is 4.99. The first-order valence-corrected chi connectivity index (χ1v) is 6.90. The summed E-state index contributed by atoms with van der Waals surface area (Å²) in [6, 6.07) is 0. The third-order valence-corrected chi connectivity index (χ3v) is 3.56. The molecule has 0 aromatic carbocycles. The second-order valence-electron chi connectivity index (χ2n) is 4.61. The summed E-state index contributed by atoms with van der Waals surface area (Å²) in [6.07, 6.45) is 2.16. The Morgan fingerprint density at radius 3 is 2.71 bits per heavy atom. The van der Waals surface area contributed by atoms with Crippen LogP contribution < -0.4 is 5.32 Å². The van der Waals surface area contributed by atoms with Crippen molar-refractivity contribution < 1.29 is 0 Å². The van der Waals surface area contributed by atoms with Crippen molar-refractivity contribution in [3.63, 3.8) is 0 Å². The van der Waals surface area contributed by atoms with E-state index in [-0.39, 0.29) is 0 Å². The Kier molecular flexibility index (Phi) is 6.00. The molecule has 0 fully saturated rings. The molecule has 0 aliphatic carbocycles. The maximum absolute atomic E-state index is 6.28. The van der Waals surface area contributed by atoms with Crippen LogP contribution in [0.5, 0.6) is 0 Å². The van der Waals surface area contributed by atoms with Crippen molar-refractivity contribution in [2.45, 2.75) is 47.1 Å². The molecule has 0 bridgehead atoms. The van der Waals surface area contributed by atoms with Crippen molar-refractivity contribution in [1.82, 2.24) is 15.1 Å². The number of halogens is 1. The van der Waals surface area contributed by atoms with Crippen LogP contribution >= 0.6 is 11.6 Å². The van der Waals surface area contributed by atoms with Gasteiger partial charge >= 0.3 is 0 Å². The first-order valence-electron chi connectivity index (χ1n) is 6.52. The average Bonchev–Trinajstić information content (AvgIpc) is 2.60. The molecule has 0 spiro atoms. The molecule has 4 heteroatoms. The summed E-state index contributed by atoms with van der Waals surface area (Å²) in [7, 11) is 0. The van der Waals surface area contributed by atoms with E-state index in [0.29, 0.717) is 5.92 Å². The van der Waals surface area contributed by atoms with E-state index in [0.717, 1.165) is 43.2 Å². The Hall–Kier alpha value is -0.540. The Labute approximate surface area is 110 Å². The highest BCUT2D eigenvalue weighted by molar-refractivity contribution is 6.31. The van der Waals surface area contributed by atoms with E-state index in [1.54, 1.807) is 0 Å². The van der Waals surface area contributed by atoms with Crippen LogP contribution in [0.4, 0.5) is 0 Å². The SMILES string of the molecule is CCNCC(C)CCc1c(Cl)c(C)nn1CC. The topological polar surface area (TPSA) is 29.9 Å². The predicted octanol–water partition coefficient (Wildman–Crippen LogP) is 3.04. The summed E-state index contributed by atoms with van der Waals surface area (Å²) < 4.78 is 2.03. The van der Waals surface area contributed by atoms with Gasteiger partial charge in [-0.05, 0) is 45.7 Å². The minimum atomic E-state index is 0.673. The summed E-state index contributed by atoms with van der Waals surface area (Å²) in [6.45, 7) is 11.5. The van der Waals surface area contributed by atoms with Crippen molar-refractivity contribution in [3.8, 4) is 0 Å². The third kappa shape index (κ3) is 4.00. The molecule has 0 saturated heterocycles. The third-order valence-electron chi connectivity index (χ3n) is 3.07. The van der Waals surface area contributed by atoms with Crippen LogP contribution in [0.25, 0.3) is 0 Å². The molecule has 1 heterocycles. The fourth-order valence-corrected chi connectivity index (χ4v) is 2.21. The highest BCUT2D eigenvalue weighted by atomic mass is 35.5. The zero-order valence-electron chi connectivity index (χ0n) is 11.4. The lowest BCUT2D eigenvalue weighted by atomic mass is 10.0. The van der Waals surface area contributed by atoms with Gasteiger partial charge in [-0.25, -0.2) is 0 Å². The minimum Gasteiger partial charge on any atom is -0.317 e. The maximum Gasteiger partial charge on any atom is 0.0847 e. The van der Waals surface area contributed by atoms with Crippen molar-refractivity contribution in [1.29, 1.82) is 0 Å². The van der Waals surface area contributed by atoms with Gasteiger partial charge in [-0.3, -0.25) is 4.68 Å². The van der Waals surface area contributed by atoms with Crippen LogP contribution in [0.1, 0.15) is 38.6 Å². The van der Waals surface area contributed by atoms with Gasteiger partial charge in [-0.15, -0.1) is 0 Å². The van der Waals surface area contributed by atoms with Crippen LogP contribution in [-0.2, 0) is 13.0 Å². The molecule has 0 amide bonds. The molecular weight excluding hydrogens is 234 g/mol. The molecule has 98 valence electrons. The van der Waals surface area contributed by atoms with Crippen molar-refractivity contribution in [2.24, 2.45) is 5.92 Å². The van der Waals surface area contributed by atoms with Gasteiger partial charge in [0.1, 0.15) is 0 Å². The lowest BCUT2D eigenvalue weighted by Crippen LogP contribution is -2.21. The molecule has 0 aliphatic heterocycles.